The van der Waals surface area contributed by atoms with Crippen LogP contribution in [0.5, 0.6) is 5.75 Å². The lowest BCUT2D eigenvalue weighted by Gasteiger charge is -2.11. The van der Waals surface area contributed by atoms with E-state index in [0.717, 1.165) is 16.8 Å². The summed E-state index contributed by atoms with van der Waals surface area (Å²) in [5.74, 6) is 0.695. The van der Waals surface area contributed by atoms with Gasteiger partial charge in [-0.05, 0) is 43.7 Å². The van der Waals surface area contributed by atoms with Crippen molar-refractivity contribution in [3.05, 3.63) is 59.4 Å². The molecule has 0 saturated heterocycles. The van der Waals surface area contributed by atoms with Crippen LogP contribution in [0.3, 0.4) is 0 Å². The second-order valence-corrected chi connectivity index (χ2v) is 4.29. The molecule has 0 radical (unpaired) electrons. The van der Waals surface area contributed by atoms with Crippen molar-refractivity contribution in [1.82, 2.24) is 4.98 Å². The summed E-state index contributed by atoms with van der Waals surface area (Å²) >= 11 is 0. The van der Waals surface area contributed by atoms with Crippen LogP contribution in [-0.2, 0) is 6.61 Å². The van der Waals surface area contributed by atoms with Crippen LogP contribution in [0.15, 0.2) is 47.8 Å². The van der Waals surface area contributed by atoms with Gasteiger partial charge < -0.3 is 9.94 Å². The summed E-state index contributed by atoms with van der Waals surface area (Å²) < 4.78 is 5.77. The highest BCUT2D eigenvalue weighted by molar-refractivity contribution is 6.00. The van der Waals surface area contributed by atoms with Gasteiger partial charge in [0.05, 0.1) is 11.4 Å². The number of rotatable bonds is 4. The molecule has 0 spiro atoms. The molecule has 0 fully saturated rings. The van der Waals surface area contributed by atoms with Gasteiger partial charge in [0.1, 0.15) is 12.4 Å². The summed E-state index contributed by atoms with van der Waals surface area (Å²) in [6, 6.07) is 11.5. The van der Waals surface area contributed by atoms with E-state index >= 15 is 0 Å². The molecule has 4 heteroatoms. The van der Waals surface area contributed by atoms with E-state index in [1.165, 1.54) is 0 Å². The molecule has 1 heterocycles. The van der Waals surface area contributed by atoms with Gasteiger partial charge >= 0.3 is 0 Å². The van der Waals surface area contributed by atoms with Crippen LogP contribution in [-0.4, -0.2) is 15.9 Å². The lowest BCUT2D eigenvalue weighted by atomic mass is 10.1. The molecule has 0 amide bonds. The molecule has 0 aliphatic rings. The van der Waals surface area contributed by atoms with Crippen LogP contribution in [0.2, 0.25) is 0 Å². The number of oxime groups is 1. The van der Waals surface area contributed by atoms with Crippen LogP contribution in [0.1, 0.15) is 23.7 Å². The molecule has 98 valence electrons. The largest absolute Gasteiger partial charge is 0.487 e. The van der Waals surface area contributed by atoms with Crippen LogP contribution >= 0.6 is 0 Å². The SMILES string of the molecule is C/C(=N/O)c1ccc(C)cc1OCc1ccccn1. The summed E-state index contributed by atoms with van der Waals surface area (Å²) in [7, 11) is 0. The monoisotopic (exact) mass is 256 g/mol. The van der Waals surface area contributed by atoms with Gasteiger partial charge in [0, 0.05) is 11.8 Å². The number of hydrogen-bond acceptors (Lipinski definition) is 4. The topological polar surface area (TPSA) is 54.7 Å². The molecule has 0 unspecified atom stereocenters. The first kappa shape index (κ1) is 13.1. The van der Waals surface area contributed by atoms with Gasteiger partial charge in [0.15, 0.2) is 0 Å². The Labute approximate surface area is 112 Å². The van der Waals surface area contributed by atoms with Crippen LogP contribution in [0.25, 0.3) is 0 Å². The molecule has 1 N–H and O–H groups in total. The van der Waals surface area contributed by atoms with Crippen molar-refractivity contribution in [2.45, 2.75) is 20.5 Å². The smallest absolute Gasteiger partial charge is 0.130 e. The predicted octanol–water partition coefficient (Wildman–Crippen LogP) is 3.17. The third-order valence-corrected chi connectivity index (χ3v) is 2.78. The fourth-order valence-electron chi connectivity index (χ4n) is 1.74. The van der Waals surface area contributed by atoms with Gasteiger partial charge in [-0.25, -0.2) is 0 Å². The average Bonchev–Trinajstić information content (AvgIpc) is 2.45. The Morgan fingerprint density at radius 1 is 1.32 bits per heavy atom. The second-order valence-electron chi connectivity index (χ2n) is 4.29. The van der Waals surface area contributed by atoms with Gasteiger partial charge in [-0.3, -0.25) is 4.98 Å². The van der Waals surface area contributed by atoms with E-state index in [1.54, 1.807) is 13.1 Å². The third-order valence-electron chi connectivity index (χ3n) is 2.78. The van der Waals surface area contributed by atoms with Gasteiger partial charge in [-0.1, -0.05) is 17.3 Å². The van der Waals surface area contributed by atoms with Crippen molar-refractivity contribution in [2.75, 3.05) is 0 Å². The molecule has 4 nitrogen and oxygen atoms in total. The van der Waals surface area contributed by atoms with Crippen LogP contribution < -0.4 is 4.74 Å². The minimum atomic E-state index is 0.385. The van der Waals surface area contributed by atoms with E-state index in [2.05, 4.69) is 10.1 Å². The van der Waals surface area contributed by atoms with Crippen LogP contribution in [0.4, 0.5) is 0 Å². The first-order chi connectivity index (χ1) is 9.20. The predicted molar refractivity (Wildman–Crippen MR) is 73.7 cm³/mol. The number of aromatic nitrogens is 1. The summed E-state index contributed by atoms with van der Waals surface area (Å²) in [6.45, 7) is 4.11. The first-order valence-electron chi connectivity index (χ1n) is 6.03. The molecule has 0 aliphatic carbocycles. The van der Waals surface area contributed by atoms with E-state index in [0.29, 0.717) is 18.1 Å². The molecule has 0 bridgehead atoms. The minimum Gasteiger partial charge on any atom is -0.487 e. The number of benzene rings is 1. The van der Waals surface area contributed by atoms with Gasteiger partial charge in [-0.15, -0.1) is 0 Å². The quantitative estimate of drug-likeness (QED) is 0.519. The van der Waals surface area contributed by atoms with E-state index in [1.807, 2.05) is 43.3 Å². The molecule has 19 heavy (non-hydrogen) atoms. The summed E-state index contributed by atoms with van der Waals surface area (Å²) in [4.78, 5) is 4.21. The summed E-state index contributed by atoms with van der Waals surface area (Å²) in [5.41, 5.74) is 3.25. The Morgan fingerprint density at radius 2 is 2.16 bits per heavy atom. The molecule has 1 aromatic heterocycles. The van der Waals surface area contributed by atoms with Gasteiger partial charge in [0.2, 0.25) is 0 Å². The highest BCUT2D eigenvalue weighted by Crippen LogP contribution is 2.22. The fourth-order valence-corrected chi connectivity index (χ4v) is 1.74. The number of nitrogens with zero attached hydrogens (tertiary/aromatic N) is 2. The molecular weight excluding hydrogens is 240 g/mol. The lowest BCUT2D eigenvalue weighted by molar-refractivity contribution is 0.299. The molecule has 2 rings (SSSR count). The molecule has 2 aromatic rings. The number of pyridine rings is 1. The zero-order chi connectivity index (χ0) is 13.7. The Bertz CT molecular complexity index is 580. The average molecular weight is 256 g/mol. The maximum Gasteiger partial charge on any atom is 0.130 e. The van der Waals surface area contributed by atoms with Crippen molar-refractivity contribution >= 4 is 5.71 Å². The van der Waals surface area contributed by atoms with Crippen LogP contribution in [0, 0.1) is 6.92 Å². The van der Waals surface area contributed by atoms with E-state index < -0.39 is 0 Å². The van der Waals surface area contributed by atoms with Crippen molar-refractivity contribution in [1.29, 1.82) is 0 Å². The van der Waals surface area contributed by atoms with E-state index in [9.17, 15) is 0 Å². The molecule has 0 aliphatic heterocycles. The summed E-state index contributed by atoms with van der Waals surface area (Å²) in [6.07, 6.45) is 1.73. The number of ether oxygens (including phenoxy) is 1. The Morgan fingerprint density at radius 3 is 2.84 bits per heavy atom. The molecular formula is C15H16N2O2. The minimum absolute atomic E-state index is 0.385. The molecule has 1 aromatic carbocycles. The Hall–Kier alpha value is -2.36. The van der Waals surface area contributed by atoms with Gasteiger partial charge in [0.25, 0.3) is 0 Å². The van der Waals surface area contributed by atoms with Crippen molar-refractivity contribution < 1.29 is 9.94 Å². The maximum atomic E-state index is 8.89. The number of hydrogen-bond donors (Lipinski definition) is 1. The highest BCUT2D eigenvalue weighted by atomic mass is 16.5. The lowest BCUT2D eigenvalue weighted by Crippen LogP contribution is -2.03. The normalized spacial score (nSPS) is 11.4. The summed E-state index contributed by atoms with van der Waals surface area (Å²) in [5, 5.41) is 12.1. The third kappa shape index (κ3) is 3.31. The number of aryl methyl sites for hydroxylation is 1. The van der Waals surface area contributed by atoms with Crippen molar-refractivity contribution in [2.24, 2.45) is 5.16 Å². The van der Waals surface area contributed by atoms with Gasteiger partial charge in [-0.2, -0.15) is 0 Å². The molecule has 0 atom stereocenters. The zero-order valence-corrected chi connectivity index (χ0v) is 11.0. The maximum absolute atomic E-state index is 8.89. The first-order valence-corrected chi connectivity index (χ1v) is 6.03. The fraction of sp³-hybridized carbons (Fsp3) is 0.200. The highest BCUT2D eigenvalue weighted by Gasteiger charge is 2.08. The van der Waals surface area contributed by atoms with E-state index in [-0.39, 0.29) is 0 Å². The van der Waals surface area contributed by atoms with Crippen molar-refractivity contribution in [3.63, 3.8) is 0 Å². The standard InChI is InChI=1S/C15H16N2O2/c1-11-6-7-14(12(2)17-18)15(9-11)19-10-13-5-3-4-8-16-13/h3-9,18H,10H2,1-2H3/b17-12-. The zero-order valence-electron chi connectivity index (χ0n) is 11.0. The Kier molecular flexibility index (Phi) is 4.13. The Balaban J connectivity index is 2.21. The van der Waals surface area contributed by atoms with Crippen molar-refractivity contribution in [3.8, 4) is 5.75 Å². The second kappa shape index (κ2) is 6.00. The molecule has 0 saturated carbocycles. The van der Waals surface area contributed by atoms with E-state index in [4.69, 9.17) is 9.94 Å².